The van der Waals surface area contributed by atoms with Gasteiger partial charge in [0.15, 0.2) is 0 Å². The minimum atomic E-state index is -0.342. The van der Waals surface area contributed by atoms with E-state index in [1.54, 1.807) is 30.4 Å². The molecule has 0 saturated carbocycles. The number of nitro benzene ring substituents is 1. The number of nitro groups is 1. The number of benzene rings is 8. The van der Waals surface area contributed by atoms with Crippen LogP contribution in [0.2, 0.25) is 0 Å². The molecule has 278 valence electrons. The number of anilines is 1. The normalized spacial score (nSPS) is 10.9. The number of hydrogen-bond acceptors (Lipinski definition) is 6. The summed E-state index contributed by atoms with van der Waals surface area (Å²) in [4.78, 5) is 11.0. The zero-order valence-electron chi connectivity index (χ0n) is 31.1. The minimum Gasteiger partial charge on any atom is -0.399 e. The van der Waals surface area contributed by atoms with E-state index in [-0.39, 0.29) is 17.2 Å². The minimum absolute atomic E-state index is 0.102. The molecular formula is C50H38N2O3S2. The molecule has 2 heterocycles. The van der Waals surface area contributed by atoms with E-state index in [9.17, 15) is 10.1 Å². The van der Waals surface area contributed by atoms with Crippen LogP contribution >= 0.6 is 22.7 Å². The molecule has 0 aliphatic rings. The average molecular weight is 779 g/mol. The van der Waals surface area contributed by atoms with Crippen LogP contribution in [0.4, 0.5) is 11.4 Å². The highest BCUT2D eigenvalue weighted by Gasteiger charge is 2.15. The first kappa shape index (κ1) is 37.3. The fourth-order valence-electron chi connectivity index (χ4n) is 7.21. The fourth-order valence-corrected chi connectivity index (χ4v) is 9.50. The van der Waals surface area contributed by atoms with Gasteiger partial charge in [-0.3, -0.25) is 10.1 Å². The zero-order chi connectivity index (χ0) is 39.3. The SMILES string of the molecule is CCO.Nc1ccc(-c2ccc3c(c2)sc2ccccc23)c(-c2ccccc2)c1.O=[N+]([O-])c1ccc(-c2ccc3c(c2)sc2ccccc23)c(-c2ccccc2)c1. The molecule has 5 nitrogen and oxygen atoms in total. The number of hydrogen-bond donors (Lipinski definition) is 2. The van der Waals surface area contributed by atoms with Crippen molar-refractivity contribution in [2.75, 3.05) is 12.3 Å². The van der Waals surface area contributed by atoms with Crippen LogP contribution in [0.1, 0.15) is 6.92 Å². The Kier molecular flexibility index (Phi) is 10.9. The standard InChI is InChI=1S/C24H15NO2S.C24H17NS.C2H6O/c26-25(27)18-11-13-19(22(15-18)16-6-2-1-3-7-16)17-10-12-21-20-8-4-5-9-23(20)28-24(21)14-17;25-18-11-13-19(22(15-18)16-6-2-1-3-7-16)17-10-12-21-20-8-4-5-9-23(20)26-24(21)14-17;1-2-3/h1-15H;1-15H,25H2;3H,2H2,1H3. The van der Waals surface area contributed by atoms with Crippen molar-refractivity contribution >= 4 is 74.4 Å². The number of aliphatic hydroxyl groups excluding tert-OH is 1. The van der Waals surface area contributed by atoms with Gasteiger partial charge in [-0.25, -0.2) is 0 Å². The van der Waals surface area contributed by atoms with E-state index in [4.69, 9.17) is 10.8 Å². The predicted octanol–water partition coefficient (Wildman–Crippen LogP) is 14.3. The van der Waals surface area contributed by atoms with E-state index in [1.165, 1.54) is 62.6 Å². The second-order valence-corrected chi connectivity index (χ2v) is 15.6. The van der Waals surface area contributed by atoms with Crippen LogP contribution in [0.15, 0.2) is 182 Å². The lowest BCUT2D eigenvalue weighted by atomic mass is 9.93. The molecule has 0 aliphatic carbocycles. The quantitative estimate of drug-likeness (QED) is 0.103. The van der Waals surface area contributed by atoms with E-state index in [0.717, 1.165) is 27.9 Å². The summed E-state index contributed by atoms with van der Waals surface area (Å²) in [6.07, 6.45) is 0. The summed E-state index contributed by atoms with van der Waals surface area (Å²) < 4.78 is 5.14. The van der Waals surface area contributed by atoms with Gasteiger partial charge >= 0.3 is 0 Å². The van der Waals surface area contributed by atoms with Gasteiger partial charge in [-0.05, 0) is 93.9 Å². The van der Waals surface area contributed by atoms with Gasteiger partial charge in [0.1, 0.15) is 0 Å². The number of rotatable bonds is 5. The maximum atomic E-state index is 11.3. The van der Waals surface area contributed by atoms with Crippen LogP contribution in [-0.2, 0) is 0 Å². The van der Waals surface area contributed by atoms with Crippen molar-refractivity contribution in [1.82, 2.24) is 0 Å². The fraction of sp³-hybridized carbons (Fsp3) is 0.0400. The third-order valence-corrected chi connectivity index (χ3v) is 12.1. The molecule has 7 heteroatoms. The Labute approximate surface area is 338 Å². The number of fused-ring (bicyclic) bond motifs is 6. The number of nitrogens with zero attached hydrogens (tertiary/aromatic N) is 1. The van der Waals surface area contributed by atoms with E-state index in [1.807, 2.05) is 59.9 Å². The van der Waals surface area contributed by atoms with E-state index < -0.39 is 0 Å². The summed E-state index contributed by atoms with van der Waals surface area (Å²) in [5.41, 5.74) is 15.7. The first-order valence-electron chi connectivity index (χ1n) is 18.6. The largest absolute Gasteiger partial charge is 0.399 e. The summed E-state index contributed by atoms with van der Waals surface area (Å²) in [7, 11) is 0. The molecule has 0 amide bonds. The van der Waals surface area contributed by atoms with Crippen molar-refractivity contribution in [3.05, 3.63) is 192 Å². The molecule has 57 heavy (non-hydrogen) atoms. The van der Waals surface area contributed by atoms with Crippen LogP contribution in [0, 0.1) is 10.1 Å². The van der Waals surface area contributed by atoms with Gasteiger partial charge in [-0.1, -0.05) is 127 Å². The van der Waals surface area contributed by atoms with Gasteiger partial charge < -0.3 is 10.8 Å². The Bertz CT molecular complexity index is 3010. The Balaban J connectivity index is 0.000000150. The van der Waals surface area contributed by atoms with Gasteiger partial charge in [0.25, 0.3) is 5.69 Å². The van der Waals surface area contributed by atoms with Crippen molar-refractivity contribution < 1.29 is 10.0 Å². The van der Waals surface area contributed by atoms with Gasteiger partial charge in [0.05, 0.1) is 4.92 Å². The third-order valence-electron chi connectivity index (χ3n) is 9.81. The van der Waals surface area contributed by atoms with Crippen LogP contribution in [0.5, 0.6) is 0 Å². The second kappa shape index (κ2) is 16.6. The number of nitrogens with two attached hydrogens (primary N) is 1. The van der Waals surface area contributed by atoms with Crippen LogP contribution in [0.3, 0.4) is 0 Å². The summed E-state index contributed by atoms with van der Waals surface area (Å²) in [6, 6.07) is 61.8. The van der Waals surface area contributed by atoms with Gasteiger partial charge in [-0.2, -0.15) is 0 Å². The van der Waals surface area contributed by atoms with Crippen LogP contribution < -0.4 is 5.73 Å². The lowest BCUT2D eigenvalue weighted by Gasteiger charge is -2.11. The zero-order valence-corrected chi connectivity index (χ0v) is 32.8. The molecule has 10 rings (SSSR count). The number of non-ortho nitro benzene ring substituents is 1. The van der Waals surface area contributed by atoms with Crippen molar-refractivity contribution in [2.45, 2.75) is 6.92 Å². The molecule has 0 spiro atoms. The van der Waals surface area contributed by atoms with Crippen molar-refractivity contribution in [3.8, 4) is 44.5 Å². The van der Waals surface area contributed by atoms with Crippen LogP contribution in [0.25, 0.3) is 84.9 Å². The highest BCUT2D eigenvalue weighted by Crippen LogP contribution is 2.41. The molecule has 8 aromatic carbocycles. The molecule has 0 aliphatic heterocycles. The molecule has 0 atom stereocenters. The van der Waals surface area contributed by atoms with Gasteiger partial charge in [0, 0.05) is 64.8 Å². The highest BCUT2D eigenvalue weighted by molar-refractivity contribution is 7.26. The van der Waals surface area contributed by atoms with Gasteiger partial charge in [-0.15, -0.1) is 22.7 Å². The predicted molar refractivity (Wildman–Crippen MR) is 244 cm³/mol. The Hall–Kier alpha value is -6.64. The average Bonchev–Trinajstić information content (AvgIpc) is 3.82. The highest BCUT2D eigenvalue weighted by atomic mass is 32.1. The molecular weight excluding hydrogens is 741 g/mol. The topological polar surface area (TPSA) is 89.4 Å². The van der Waals surface area contributed by atoms with Gasteiger partial charge in [0.2, 0.25) is 0 Å². The Morgan fingerprint density at radius 3 is 1.39 bits per heavy atom. The Morgan fingerprint density at radius 1 is 0.474 bits per heavy atom. The van der Waals surface area contributed by atoms with Crippen molar-refractivity contribution in [2.24, 2.45) is 0 Å². The molecule has 10 aromatic rings. The van der Waals surface area contributed by atoms with E-state index >= 15 is 0 Å². The molecule has 3 N–H and O–H groups in total. The monoisotopic (exact) mass is 778 g/mol. The molecule has 0 unspecified atom stereocenters. The summed E-state index contributed by atoms with van der Waals surface area (Å²) in [5.74, 6) is 0. The maximum absolute atomic E-state index is 11.3. The summed E-state index contributed by atoms with van der Waals surface area (Å²) in [5, 5.41) is 24.0. The lowest BCUT2D eigenvalue weighted by molar-refractivity contribution is -0.384. The smallest absolute Gasteiger partial charge is 0.270 e. The third kappa shape index (κ3) is 7.77. The first-order valence-corrected chi connectivity index (χ1v) is 20.3. The van der Waals surface area contributed by atoms with Crippen molar-refractivity contribution in [3.63, 3.8) is 0 Å². The maximum Gasteiger partial charge on any atom is 0.270 e. The first-order chi connectivity index (χ1) is 27.9. The number of thiophene rings is 2. The van der Waals surface area contributed by atoms with E-state index in [0.29, 0.717) is 0 Å². The summed E-state index contributed by atoms with van der Waals surface area (Å²) in [6.45, 7) is 1.93. The number of nitrogen functional groups attached to an aromatic ring is 1. The summed E-state index contributed by atoms with van der Waals surface area (Å²) >= 11 is 3.62. The molecule has 0 bridgehead atoms. The number of aliphatic hydroxyl groups is 1. The second-order valence-electron chi connectivity index (χ2n) is 13.5. The van der Waals surface area contributed by atoms with Crippen LogP contribution in [-0.4, -0.2) is 16.6 Å². The van der Waals surface area contributed by atoms with Crippen molar-refractivity contribution in [1.29, 1.82) is 0 Å². The van der Waals surface area contributed by atoms with E-state index in [2.05, 4.69) is 121 Å². The Morgan fingerprint density at radius 2 is 0.895 bits per heavy atom. The molecule has 2 aromatic heterocycles. The molecule has 0 fully saturated rings. The molecule has 0 saturated heterocycles. The lowest BCUT2D eigenvalue weighted by Crippen LogP contribution is -1.91. The molecule has 0 radical (unpaired) electrons.